The standard InChI is InChI=1S/C18H17FN2O2/c1-12(22)21(17-9-10-17)16-7-5-15(6-8-16)20-18(23)13-3-2-4-14(19)11-13/h2-8,11,17H,9-10H2,1H3,(H,20,23). The Hall–Kier alpha value is -2.69. The molecular formula is C18H17FN2O2. The zero-order valence-electron chi connectivity index (χ0n) is 12.8. The van der Waals surface area contributed by atoms with Gasteiger partial charge in [-0.1, -0.05) is 6.07 Å². The smallest absolute Gasteiger partial charge is 0.255 e. The Kier molecular flexibility index (Phi) is 4.10. The van der Waals surface area contributed by atoms with Crippen molar-refractivity contribution in [1.29, 1.82) is 0 Å². The summed E-state index contributed by atoms with van der Waals surface area (Å²) in [4.78, 5) is 25.6. The first-order valence-electron chi connectivity index (χ1n) is 7.51. The van der Waals surface area contributed by atoms with Crippen LogP contribution in [0.3, 0.4) is 0 Å². The molecule has 1 N–H and O–H groups in total. The predicted octanol–water partition coefficient (Wildman–Crippen LogP) is 3.59. The Bertz CT molecular complexity index is 739. The summed E-state index contributed by atoms with van der Waals surface area (Å²) < 4.78 is 13.1. The SMILES string of the molecule is CC(=O)N(c1ccc(NC(=O)c2cccc(F)c2)cc1)C1CC1. The van der Waals surface area contributed by atoms with Crippen LogP contribution in [-0.4, -0.2) is 17.9 Å². The van der Waals surface area contributed by atoms with Gasteiger partial charge in [-0.3, -0.25) is 9.59 Å². The van der Waals surface area contributed by atoms with Crippen LogP contribution in [0.2, 0.25) is 0 Å². The second-order valence-corrected chi connectivity index (χ2v) is 5.63. The molecule has 2 aromatic carbocycles. The second-order valence-electron chi connectivity index (χ2n) is 5.63. The van der Waals surface area contributed by atoms with Crippen LogP contribution in [0.4, 0.5) is 15.8 Å². The fourth-order valence-corrected chi connectivity index (χ4v) is 2.52. The average Bonchev–Trinajstić information content (AvgIpc) is 3.33. The molecule has 3 rings (SSSR count). The summed E-state index contributed by atoms with van der Waals surface area (Å²) in [7, 11) is 0. The Morgan fingerprint density at radius 3 is 2.39 bits per heavy atom. The monoisotopic (exact) mass is 312 g/mol. The van der Waals surface area contributed by atoms with Gasteiger partial charge in [0.25, 0.3) is 5.91 Å². The number of carbonyl (C=O) groups is 2. The van der Waals surface area contributed by atoms with Gasteiger partial charge in [0.05, 0.1) is 0 Å². The molecule has 0 aromatic heterocycles. The molecule has 4 nitrogen and oxygen atoms in total. The molecule has 0 unspecified atom stereocenters. The van der Waals surface area contributed by atoms with Crippen molar-refractivity contribution in [3.05, 3.63) is 59.9 Å². The molecule has 2 amide bonds. The molecule has 0 saturated heterocycles. The van der Waals surface area contributed by atoms with E-state index in [2.05, 4.69) is 5.32 Å². The predicted molar refractivity (Wildman–Crippen MR) is 87.0 cm³/mol. The van der Waals surface area contributed by atoms with Crippen molar-refractivity contribution in [3.63, 3.8) is 0 Å². The minimum absolute atomic E-state index is 0.0176. The molecule has 0 bridgehead atoms. The van der Waals surface area contributed by atoms with E-state index in [1.807, 2.05) is 0 Å². The van der Waals surface area contributed by atoms with Crippen LogP contribution in [0.5, 0.6) is 0 Å². The minimum Gasteiger partial charge on any atom is -0.322 e. The summed E-state index contributed by atoms with van der Waals surface area (Å²) in [5.41, 5.74) is 1.68. The normalized spacial score (nSPS) is 13.5. The Morgan fingerprint density at radius 1 is 1.13 bits per heavy atom. The highest BCUT2D eigenvalue weighted by molar-refractivity contribution is 6.04. The maximum Gasteiger partial charge on any atom is 0.255 e. The van der Waals surface area contributed by atoms with Crippen molar-refractivity contribution >= 4 is 23.2 Å². The van der Waals surface area contributed by atoms with Crippen molar-refractivity contribution in [1.82, 2.24) is 0 Å². The highest BCUT2D eigenvalue weighted by Gasteiger charge is 2.31. The van der Waals surface area contributed by atoms with Crippen LogP contribution in [-0.2, 0) is 4.79 Å². The number of halogens is 1. The van der Waals surface area contributed by atoms with Crippen LogP contribution < -0.4 is 10.2 Å². The first-order valence-corrected chi connectivity index (χ1v) is 7.51. The van der Waals surface area contributed by atoms with Gasteiger partial charge in [-0.2, -0.15) is 0 Å². The molecule has 1 aliphatic rings. The van der Waals surface area contributed by atoms with Gasteiger partial charge < -0.3 is 10.2 Å². The second kappa shape index (κ2) is 6.20. The molecule has 23 heavy (non-hydrogen) atoms. The number of anilines is 2. The molecule has 0 aliphatic heterocycles. The summed E-state index contributed by atoms with van der Waals surface area (Å²) in [6, 6.07) is 12.9. The molecule has 1 aliphatic carbocycles. The lowest BCUT2D eigenvalue weighted by Gasteiger charge is -2.21. The average molecular weight is 312 g/mol. The van der Waals surface area contributed by atoms with E-state index in [4.69, 9.17) is 0 Å². The molecule has 5 heteroatoms. The third-order valence-electron chi connectivity index (χ3n) is 3.74. The number of nitrogens with one attached hydrogen (secondary N) is 1. The van der Waals surface area contributed by atoms with E-state index in [9.17, 15) is 14.0 Å². The number of nitrogens with zero attached hydrogens (tertiary/aromatic N) is 1. The molecule has 0 heterocycles. The number of hydrogen-bond acceptors (Lipinski definition) is 2. The molecule has 1 saturated carbocycles. The molecule has 0 radical (unpaired) electrons. The number of carbonyl (C=O) groups excluding carboxylic acids is 2. The zero-order chi connectivity index (χ0) is 16.4. The van der Waals surface area contributed by atoms with Gasteiger partial charge in [-0.15, -0.1) is 0 Å². The van der Waals surface area contributed by atoms with E-state index in [-0.39, 0.29) is 17.4 Å². The largest absolute Gasteiger partial charge is 0.322 e. The highest BCUT2D eigenvalue weighted by atomic mass is 19.1. The summed E-state index contributed by atoms with van der Waals surface area (Å²) in [5.74, 6) is -0.804. The van der Waals surface area contributed by atoms with Gasteiger partial charge in [0.1, 0.15) is 5.82 Å². The van der Waals surface area contributed by atoms with Crippen molar-refractivity contribution in [2.24, 2.45) is 0 Å². The van der Waals surface area contributed by atoms with E-state index in [0.717, 1.165) is 18.5 Å². The third-order valence-corrected chi connectivity index (χ3v) is 3.74. The van der Waals surface area contributed by atoms with E-state index in [0.29, 0.717) is 11.7 Å². The molecule has 0 atom stereocenters. The first kappa shape index (κ1) is 15.2. The first-order chi connectivity index (χ1) is 11.0. The van der Waals surface area contributed by atoms with Crippen LogP contribution in [0.15, 0.2) is 48.5 Å². The van der Waals surface area contributed by atoms with Crippen molar-refractivity contribution < 1.29 is 14.0 Å². The maximum absolute atomic E-state index is 13.1. The Labute approximate surface area is 133 Å². The van der Waals surface area contributed by atoms with Crippen LogP contribution in [0.25, 0.3) is 0 Å². The lowest BCUT2D eigenvalue weighted by Crippen LogP contribution is -2.30. The molecule has 0 spiro atoms. The summed E-state index contributed by atoms with van der Waals surface area (Å²) >= 11 is 0. The Morgan fingerprint density at radius 2 is 1.83 bits per heavy atom. The fraction of sp³-hybridized carbons (Fsp3) is 0.222. The van der Waals surface area contributed by atoms with Gasteiger partial charge in [0.2, 0.25) is 5.91 Å². The van der Waals surface area contributed by atoms with E-state index < -0.39 is 5.82 Å². The van der Waals surface area contributed by atoms with E-state index in [1.165, 1.54) is 18.2 Å². The quantitative estimate of drug-likeness (QED) is 0.938. The summed E-state index contributed by atoms with van der Waals surface area (Å²) in [6.45, 7) is 1.55. The minimum atomic E-state index is -0.450. The van der Waals surface area contributed by atoms with Gasteiger partial charge in [-0.25, -0.2) is 4.39 Å². The zero-order valence-corrected chi connectivity index (χ0v) is 12.8. The van der Waals surface area contributed by atoms with Gasteiger partial charge >= 0.3 is 0 Å². The fourth-order valence-electron chi connectivity index (χ4n) is 2.52. The Balaban J connectivity index is 1.72. The van der Waals surface area contributed by atoms with Crippen molar-refractivity contribution in [2.45, 2.75) is 25.8 Å². The highest BCUT2D eigenvalue weighted by Crippen LogP contribution is 2.32. The van der Waals surface area contributed by atoms with Gasteiger partial charge in [0, 0.05) is 29.9 Å². The van der Waals surface area contributed by atoms with Gasteiger partial charge in [-0.05, 0) is 55.3 Å². The third kappa shape index (κ3) is 3.56. The van der Waals surface area contributed by atoms with Crippen LogP contribution in [0, 0.1) is 5.82 Å². The summed E-state index contributed by atoms with van der Waals surface area (Å²) in [6.07, 6.45) is 2.05. The van der Waals surface area contributed by atoms with Gasteiger partial charge in [0.15, 0.2) is 0 Å². The maximum atomic E-state index is 13.1. The molecule has 2 aromatic rings. The number of amides is 2. The van der Waals surface area contributed by atoms with Crippen LogP contribution >= 0.6 is 0 Å². The topological polar surface area (TPSA) is 49.4 Å². The molecular weight excluding hydrogens is 295 g/mol. The number of rotatable bonds is 4. The van der Waals surface area contributed by atoms with Crippen LogP contribution in [0.1, 0.15) is 30.1 Å². The lowest BCUT2D eigenvalue weighted by atomic mass is 10.2. The lowest BCUT2D eigenvalue weighted by molar-refractivity contribution is -0.116. The van der Waals surface area contributed by atoms with Crippen molar-refractivity contribution in [3.8, 4) is 0 Å². The van der Waals surface area contributed by atoms with Crippen molar-refractivity contribution in [2.75, 3.05) is 10.2 Å². The van der Waals surface area contributed by atoms with E-state index in [1.54, 1.807) is 42.2 Å². The number of benzene rings is 2. The molecule has 1 fully saturated rings. The molecule has 118 valence electrons. The van der Waals surface area contributed by atoms with E-state index >= 15 is 0 Å². The number of hydrogen-bond donors (Lipinski definition) is 1. The summed E-state index contributed by atoms with van der Waals surface area (Å²) in [5, 5.41) is 2.72.